The Morgan fingerprint density at radius 1 is 1.26 bits per heavy atom. The van der Waals surface area contributed by atoms with Crippen LogP contribution in [0.2, 0.25) is 0 Å². The molecular formula is C15H28N2O2. The minimum atomic E-state index is -0.386. The fourth-order valence-corrected chi connectivity index (χ4v) is 3.16. The summed E-state index contributed by atoms with van der Waals surface area (Å²) in [6.07, 6.45) is 9.99. The molecule has 110 valence electrons. The van der Waals surface area contributed by atoms with Crippen LogP contribution in [0.15, 0.2) is 0 Å². The van der Waals surface area contributed by atoms with Crippen LogP contribution in [-0.4, -0.2) is 30.2 Å². The molecule has 0 bridgehead atoms. The second-order valence-corrected chi connectivity index (χ2v) is 6.37. The van der Waals surface area contributed by atoms with Crippen LogP contribution in [0, 0.1) is 0 Å². The molecule has 0 aromatic rings. The maximum Gasteiger partial charge on any atom is 0.249 e. The van der Waals surface area contributed by atoms with E-state index >= 15 is 0 Å². The average Bonchev–Trinajstić information content (AvgIpc) is 2.84. The van der Waals surface area contributed by atoms with Gasteiger partial charge < -0.3 is 15.8 Å². The summed E-state index contributed by atoms with van der Waals surface area (Å²) in [5.41, 5.74) is 6.04. The first-order valence-corrected chi connectivity index (χ1v) is 7.80. The Morgan fingerprint density at radius 2 is 1.89 bits per heavy atom. The molecule has 2 saturated carbocycles. The Hall–Kier alpha value is -0.610. The topological polar surface area (TPSA) is 64.3 Å². The van der Waals surface area contributed by atoms with E-state index < -0.39 is 0 Å². The van der Waals surface area contributed by atoms with Gasteiger partial charge in [0.05, 0.1) is 6.61 Å². The zero-order valence-corrected chi connectivity index (χ0v) is 12.1. The van der Waals surface area contributed by atoms with Crippen LogP contribution in [0.3, 0.4) is 0 Å². The molecule has 2 rings (SSSR count). The summed E-state index contributed by atoms with van der Waals surface area (Å²) >= 11 is 0. The van der Waals surface area contributed by atoms with E-state index in [1.807, 2.05) is 6.92 Å². The van der Waals surface area contributed by atoms with Crippen molar-refractivity contribution in [3.63, 3.8) is 0 Å². The van der Waals surface area contributed by atoms with E-state index in [1.165, 1.54) is 32.1 Å². The third-order valence-corrected chi connectivity index (χ3v) is 4.54. The van der Waals surface area contributed by atoms with Gasteiger partial charge in [-0.15, -0.1) is 0 Å². The van der Waals surface area contributed by atoms with Crippen molar-refractivity contribution in [2.45, 2.75) is 82.4 Å². The number of nitrogens with two attached hydrogens (primary N) is 1. The number of hydrogen-bond acceptors (Lipinski definition) is 3. The first kappa shape index (κ1) is 14.8. The molecule has 4 heteroatoms. The number of rotatable bonds is 5. The second-order valence-electron chi connectivity index (χ2n) is 6.37. The Kier molecular flexibility index (Phi) is 5.22. The summed E-state index contributed by atoms with van der Waals surface area (Å²) in [7, 11) is 0. The van der Waals surface area contributed by atoms with E-state index in [0.29, 0.717) is 12.6 Å². The molecule has 1 unspecified atom stereocenters. The molecule has 0 aliphatic heterocycles. The molecule has 2 fully saturated rings. The lowest BCUT2D eigenvalue weighted by atomic mass is 9.95. The monoisotopic (exact) mass is 268 g/mol. The van der Waals surface area contributed by atoms with E-state index in [9.17, 15) is 4.79 Å². The highest BCUT2D eigenvalue weighted by molar-refractivity contribution is 5.80. The minimum Gasteiger partial charge on any atom is -0.367 e. The first-order valence-electron chi connectivity index (χ1n) is 7.80. The van der Waals surface area contributed by atoms with Crippen molar-refractivity contribution in [1.82, 2.24) is 5.32 Å². The lowest BCUT2D eigenvalue weighted by Crippen LogP contribution is -2.46. The summed E-state index contributed by atoms with van der Waals surface area (Å²) in [5, 5.41) is 3.10. The predicted molar refractivity (Wildman–Crippen MR) is 75.8 cm³/mol. The predicted octanol–water partition coefficient (Wildman–Crippen LogP) is 2.11. The van der Waals surface area contributed by atoms with Gasteiger partial charge in [-0.25, -0.2) is 0 Å². The number of carbonyl (C=O) groups excluding carboxylic acids is 1. The summed E-state index contributed by atoms with van der Waals surface area (Å²) in [5.74, 6) is 0.0218. The van der Waals surface area contributed by atoms with E-state index in [4.69, 9.17) is 10.5 Å². The van der Waals surface area contributed by atoms with Gasteiger partial charge in [-0.3, -0.25) is 4.79 Å². The third kappa shape index (κ3) is 4.46. The SMILES string of the molecule is CC(OCC1(N)CCCC1)C(=O)NC1CCCCC1. The minimum absolute atomic E-state index is 0.0218. The fraction of sp³-hybridized carbons (Fsp3) is 0.933. The lowest BCUT2D eigenvalue weighted by Gasteiger charge is -2.27. The second kappa shape index (κ2) is 6.71. The maximum atomic E-state index is 12.0. The van der Waals surface area contributed by atoms with E-state index in [2.05, 4.69) is 5.32 Å². The van der Waals surface area contributed by atoms with Crippen molar-refractivity contribution in [2.24, 2.45) is 5.73 Å². The third-order valence-electron chi connectivity index (χ3n) is 4.54. The van der Waals surface area contributed by atoms with Gasteiger partial charge in [0.25, 0.3) is 0 Å². The molecule has 0 radical (unpaired) electrons. The van der Waals surface area contributed by atoms with Crippen LogP contribution in [0.4, 0.5) is 0 Å². The lowest BCUT2D eigenvalue weighted by molar-refractivity contribution is -0.133. The molecule has 0 aromatic carbocycles. The van der Waals surface area contributed by atoms with Gasteiger partial charge >= 0.3 is 0 Å². The molecule has 1 amide bonds. The van der Waals surface area contributed by atoms with Crippen molar-refractivity contribution >= 4 is 5.91 Å². The highest BCUT2D eigenvalue weighted by atomic mass is 16.5. The van der Waals surface area contributed by atoms with E-state index in [0.717, 1.165) is 25.7 Å². The Labute approximate surface area is 116 Å². The highest BCUT2D eigenvalue weighted by Gasteiger charge is 2.31. The van der Waals surface area contributed by atoms with Gasteiger partial charge in [0, 0.05) is 11.6 Å². The molecule has 2 aliphatic rings. The van der Waals surface area contributed by atoms with Gasteiger partial charge in [-0.05, 0) is 32.6 Å². The van der Waals surface area contributed by atoms with Gasteiger partial charge in [-0.2, -0.15) is 0 Å². The van der Waals surface area contributed by atoms with Gasteiger partial charge in [0.15, 0.2) is 0 Å². The number of carbonyl (C=O) groups is 1. The zero-order valence-electron chi connectivity index (χ0n) is 12.1. The largest absolute Gasteiger partial charge is 0.367 e. The molecule has 3 N–H and O–H groups in total. The Balaban J connectivity index is 1.69. The number of amides is 1. The molecule has 19 heavy (non-hydrogen) atoms. The summed E-state index contributed by atoms with van der Waals surface area (Å²) in [4.78, 5) is 12.0. The number of hydrogen-bond donors (Lipinski definition) is 2. The van der Waals surface area contributed by atoms with Crippen molar-refractivity contribution in [1.29, 1.82) is 0 Å². The first-order chi connectivity index (χ1) is 9.09. The molecule has 0 spiro atoms. The molecule has 4 nitrogen and oxygen atoms in total. The normalized spacial score (nSPS) is 25.2. The van der Waals surface area contributed by atoms with Gasteiger partial charge in [0.2, 0.25) is 5.91 Å². The molecule has 1 atom stereocenters. The van der Waals surface area contributed by atoms with E-state index in [-0.39, 0.29) is 17.6 Å². The van der Waals surface area contributed by atoms with Crippen molar-refractivity contribution in [3.8, 4) is 0 Å². The zero-order chi connectivity index (χ0) is 13.7. The van der Waals surface area contributed by atoms with Crippen LogP contribution in [0.25, 0.3) is 0 Å². The van der Waals surface area contributed by atoms with Crippen molar-refractivity contribution in [3.05, 3.63) is 0 Å². The number of ether oxygens (including phenoxy) is 1. The van der Waals surface area contributed by atoms with Crippen molar-refractivity contribution < 1.29 is 9.53 Å². The summed E-state index contributed by atoms with van der Waals surface area (Å²) in [6.45, 7) is 2.34. The Bertz CT molecular complexity index is 295. The van der Waals surface area contributed by atoms with Gasteiger partial charge in [-0.1, -0.05) is 32.1 Å². The summed E-state index contributed by atoms with van der Waals surface area (Å²) in [6, 6.07) is 0.352. The van der Waals surface area contributed by atoms with Gasteiger partial charge in [0.1, 0.15) is 6.10 Å². The molecule has 0 aromatic heterocycles. The molecule has 0 saturated heterocycles. The van der Waals surface area contributed by atoms with Crippen LogP contribution in [-0.2, 0) is 9.53 Å². The van der Waals surface area contributed by atoms with E-state index in [1.54, 1.807) is 0 Å². The average molecular weight is 268 g/mol. The van der Waals surface area contributed by atoms with Crippen LogP contribution in [0.1, 0.15) is 64.7 Å². The molecule has 2 aliphatic carbocycles. The van der Waals surface area contributed by atoms with Crippen LogP contribution < -0.4 is 11.1 Å². The molecule has 0 heterocycles. The van der Waals surface area contributed by atoms with Crippen LogP contribution >= 0.6 is 0 Å². The highest BCUT2D eigenvalue weighted by Crippen LogP contribution is 2.27. The number of nitrogens with one attached hydrogen (secondary N) is 1. The van der Waals surface area contributed by atoms with Crippen molar-refractivity contribution in [2.75, 3.05) is 6.61 Å². The van der Waals surface area contributed by atoms with Crippen LogP contribution in [0.5, 0.6) is 0 Å². The quantitative estimate of drug-likeness (QED) is 0.802. The Morgan fingerprint density at radius 3 is 2.53 bits per heavy atom. The fourth-order valence-electron chi connectivity index (χ4n) is 3.16. The summed E-state index contributed by atoms with van der Waals surface area (Å²) < 4.78 is 5.70. The standard InChI is InChI=1S/C15H28N2O2/c1-12(19-11-15(16)9-5-6-10-15)14(18)17-13-7-3-2-4-8-13/h12-13H,2-11,16H2,1H3,(H,17,18). The smallest absolute Gasteiger partial charge is 0.249 e. The molecular weight excluding hydrogens is 240 g/mol. The maximum absolute atomic E-state index is 12.0.